The van der Waals surface area contributed by atoms with Crippen LogP contribution in [0, 0.1) is 16.0 Å². The van der Waals surface area contributed by atoms with Crippen LogP contribution in [0.15, 0.2) is 6.07 Å². The van der Waals surface area contributed by atoms with Gasteiger partial charge in [0.1, 0.15) is 5.02 Å². The van der Waals surface area contributed by atoms with E-state index in [-0.39, 0.29) is 22.5 Å². The van der Waals surface area contributed by atoms with Crippen LogP contribution >= 0.6 is 11.6 Å². The summed E-state index contributed by atoms with van der Waals surface area (Å²) in [6.45, 7) is 4.58. The number of ether oxygens (including phenoxy) is 2. The third kappa shape index (κ3) is 4.55. The van der Waals surface area contributed by atoms with Gasteiger partial charge in [0.05, 0.1) is 18.6 Å². The predicted molar refractivity (Wildman–Crippen MR) is 72.0 cm³/mol. The molecule has 7 heteroatoms. The van der Waals surface area contributed by atoms with Crippen LogP contribution in [0.25, 0.3) is 0 Å². The Kier molecular flexibility index (Phi) is 5.82. The molecule has 0 N–H and O–H groups in total. The number of aromatic nitrogens is 1. The molecule has 0 saturated heterocycles. The summed E-state index contributed by atoms with van der Waals surface area (Å²) in [5.41, 5.74) is -0.254. The van der Waals surface area contributed by atoms with E-state index < -0.39 is 4.92 Å². The molecule has 1 aromatic heterocycles. The van der Waals surface area contributed by atoms with Crippen LogP contribution in [0.3, 0.4) is 0 Å². The first-order valence-corrected chi connectivity index (χ1v) is 6.35. The molecule has 106 valence electrons. The van der Waals surface area contributed by atoms with Gasteiger partial charge in [0.15, 0.2) is 0 Å². The monoisotopic (exact) mass is 288 g/mol. The first-order valence-electron chi connectivity index (χ1n) is 5.97. The molecule has 0 saturated carbocycles. The molecule has 0 aliphatic carbocycles. The predicted octanol–water partition coefficient (Wildman–Crippen LogP) is 3.47. The number of nitrogens with zero attached hydrogens (tertiary/aromatic N) is 2. The standard InChI is InChI=1S/C12H17ClN2O4/c1-8(2)5-4-6-19-12-10(15(16)17)7-9(13)11(14-12)18-3/h7-8H,4-6H2,1-3H3. The Balaban J connectivity index is 2.82. The SMILES string of the molecule is COc1nc(OCCCC(C)C)c([N+](=O)[O-])cc1Cl. The highest BCUT2D eigenvalue weighted by atomic mass is 35.5. The Morgan fingerprint density at radius 3 is 2.68 bits per heavy atom. The Hall–Kier alpha value is -1.56. The highest BCUT2D eigenvalue weighted by Crippen LogP contribution is 2.33. The summed E-state index contributed by atoms with van der Waals surface area (Å²) >= 11 is 5.80. The van der Waals surface area contributed by atoms with E-state index in [1.807, 2.05) is 0 Å². The lowest BCUT2D eigenvalue weighted by Gasteiger charge is -2.09. The molecule has 1 aromatic rings. The molecule has 1 heterocycles. The zero-order valence-electron chi connectivity index (χ0n) is 11.2. The molecule has 6 nitrogen and oxygen atoms in total. The van der Waals surface area contributed by atoms with Gasteiger partial charge in [0.25, 0.3) is 5.88 Å². The second kappa shape index (κ2) is 7.13. The van der Waals surface area contributed by atoms with Gasteiger partial charge in [0.2, 0.25) is 5.88 Å². The van der Waals surface area contributed by atoms with Gasteiger partial charge in [-0.15, -0.1) is 0 Å². The maximum absolute atomic E-state index is 10.9. The van der Waals surface area contributed by atoms with Crippen LogP contribution in [0.1, 0.15) is 26.7 Å². The van der Waals surface area contributed by atoms with Gasteiger partial charge in [-0.05, 0) is 18.8 Å². The number of nitro groups is 1. The largest absolute Gasteiger partial charge is 0.480 e. The van der Waals surface area contributed by atoms with Crippen LogP contribution in [-0.2, 0) is 0 Å². The third-order valence-corrected chi connectivity index (χ3v) is 2.72. The van der Waals surface area contributed by atoms with Crippen molar-refractivity contribution in [3.8, 4) is 11.8 Å². The number of halogens is 1. The fourth-order valence-electron chi connectivity index (χ4n) is 1.49. The molecule has 0 bridgehead atoms. The highest BCUT2D eigenvalue weighted by Gasteiger charge is 2.21. The van der Waals surface area contributed by atoms with Crippen LogP contribution < -0.4 is 9.47 Å². The summed E-state index contributed by atoms with van der Waals surface area (Å²) in [6, 6.07) is 1.19. The third-order valence-electron chi connectivity index (χ3n) is 2.44. The zero-order chi connectivity index (χ0) is 14.4. The van der Waals surface area contributed by atoms with Gasteiger partial charge in [0, 0.05) is 6.07 Å². The normalized spacial score (nSPS) is 10.6. The molecule has 0 radical (unpaired) electrons. The number of rotatable bonds is 7. The van der Waals surface area contributed by atoms with Crippen LogP contribution in [0.4, 0.5) is 5.69 Å². The number of methoxy groups -OCH3 is 1. The van der Waals surface area contributed by atoms with Crippen molar-refractivity contribution in [2.24, 2.45) is 5.92 Å². The molecule has 0 amide bonds. The average molecular weight is 289 g/mol. The minimum atomic E-state index is -0.573. The minimum absolute atomic E-state index is 0.0602. The highest BCUT2D eigenvalue weighted by molar-refractivity contribution is 6.32. The lowest BCUT2D eigenvalue weighted by Crippen LogP contribution is -2.05. The lowest BCUT2D eigenvalue weighted by molar-refractivity contribution is -0.386. The van der Waals surface area contributed by atoms with Crippen LogP contribution in [-0.4, -0.2) is 23.6 Å². The Labute approximate surface area is 116 Å². The second-order valence-corrected chi connectivity index (χ2v) is 4.85. The van der Waals surface area contributed by atoms with Crippen LogP contribution in [0.5, 0.6) is 11.8 Å². The van der Waals surface area contributed by atoms with Crippen molar-refractivity contribution in [3.63, 3.8) is 0 Å². The molecule has 1 rings (SSSR count). The smallest absolute Gasteiger partial charge is 0.332 e. The number of hydrogen-bond acceptors (Lipinski definition) is 5. The molecule has 0 aliphatic rings. The minimum Gasteiger partial charge on any atom is -0.480 e. The average Bonchev–Trinajstić information content (AvgIpc) is 2.35. The van der Waals surface area contributed by atoms with Crippen LogP contribution in [0.2, 0.25) is 5.02 Å². The van der Waals surface area contributed by atoms with E-state index in [0.717, 1.165) is 12.8 Å². The van der Waals surface area contributed by atoms with Gasteiger partial charge in [-0.2, -0.15) is 4.98 Å². The van der Waals surface area contributed by atoms with E-state index in [2.05, 4.69) is 18.8 Å². The number of hydrogen-bond donors (Lipinski definition) is 0. The molecule has 0 fully saturated rings. The quantitative estimate of drug-likeness (QED) is 0.436. The van der Waals surface area contributed by atoms with Gasteiger partial charge in [-0.25, -0.2) is 0 Å². The van der Waals surface area contributed by atoms with E-state index in [1.165, 1.54) is 13.2 Å². The zero-order valence-corrected chi connectivity index (χ0v) is 11.9. The number of pyridine rings is 1. The summed E-state index contributed by atoms with van der Waals surface area (Å²) < 4.78 is 10.3. The molecular weight excluding hydrogens is 272 g/mol. The summed E-state index contributed by atoms with van der Waals surface area (Å²) in [5.74, 6) is 0.618. The topological polar surface area (TPSA) is 74.5 Å². The summed E-state index contributed by atoms with van der Waals surface area (Å²) in [6.07, 6.45) is 1.79. The maximum Gasteiger partial charge on any atom is 0.332 e. The lowest BCUT2D eigenvalue weighted by atomic mass is 10.1. The van der Waals surface area contributed by atoms with E-state index in [9.17, 15) is 10.1 Å². The Morgan fingerprint density at radius 1 is 1.47 bits per heavy atom. The first-order chi connectivity index (χ1) is 8.95. The molecular formula is C12H17ClN2O4. The van der Waals surface area contributed by atoms with Crippen molar-refractivity contribution in [1.29, 1.82) is 0 Å². The van der Waals surface area contributed by atoms with Gasteiger partial charge in [-0.3, -0.25) is 10.1 Å². The van der Waals surface area contributed by atoms with Crippen molar-refractivity contribution in [1.82, 2.24) is 4.98 Å². The summed E-state index contributed by atoms with van der Waals surface area (Å²) in [7, 11) is 1.39. The van der Waals surface area contributed by atoms with E-state index >= 15 is 0 Å². The van der Waals surface area contributed by atoms with Crippen molar-refractivity contribution < 1.29 is 14.4 Å². The summed E-state index contributed by atoms with van der Waals surface area (Å²) in [4.78, 5) is 14.2. The van der Waals surface area contributed by atoms with Crippen molar-refractivity contribution in [3.05, 3.63) is 21.2 Å². The molecule has 0 aromatic carbocycles. The summed E-state index contributed by atoms with van der Waals surface area (Å²) in [5, 5.41) is 11.0. The first kappa shape index (κ1) is 15.5. The maximum atomic E-state index is 10.9. The fraction of sp³-hybridized carbons (Fsp3) is 0.583. The molecule has 0 unspecified atom stereocenters. The Morgan fingerprint density at radius 2 is 2.16 bits per heavy atom. The van der Waals surface area contributed by atoms with E-state index in [1.54, 1.807) is 0 Å². The Bertz CT molecular complexity index is 452. The van der Waals surface area contributed by atoms with Crippen molar-refractivity contribution >= 4 is 17.3 Å². The van der Waals surface area contributed by atoms with Gasteiger partial charge < -0.3 is 9.47 Å². The van der Waals surface area contributed by atoms with E-state index in [4.69, 9.17) is 21.1 Å². The van der Waals surface area contributed by atoms with Crippen molar-refractivity contribution in [2.75, 3.05) is 13.7 Å². The van der Waals surface area contributed by atoms with Gasteiger partial charge >= 0.3 is 5.69 Å². The van der Waals surface area contributed by atoms with Gasteiger partial charge in [-0.1, -0.05) is 25.4 Å². The molecule has 0 aliphatic heterocycles. The van der Waals surface area contributed by atoms with E-state index in [0.29, 0.717) is 12.5 Å². The molecule has 0 atom stereocenters. The fourth-order valence-corrected chi connectivity index (χ4v) is 1.71. The second-order valence-electron chi connectivity index (χ2n) is 4.45. The molecule has 19 heavy (non-hydrogen) atoms. The van der Waals surface area contributed by atoms with Crippen molar-refractivity contribution in [2.45, 2.75) is 26.7 Å². The molecule has 0 spiro atoms.